The molecule has 0 aliphatic rings. The van der Waals surface area contributed by atoms with E-state index in [9.17, 15) is 26.3 Å². The molecule has 0 bridgehead atoms. The minimum atomic E-state index is -6.18. The van der Waals surface area contributed by atoms with Gasteiger partial charge in [-0.05, 0) is 0 Å². The van der Waals surface area contributed by atoms with E-state index in [4.69, 9.17) is 10.2 Å². The minimum Gasteiger partial charge on any atom is -0.331 e. The van der Waals surface area contributed by atoms with Gasteiger partial charge in [-0.25, -0.2) is 0 Å². The zero-order valence-corrected chi connectivity index (χ0v) is 4.66. The molecule has 0 rings (SSSR count). The first-order chi connectivity index (χ1) is 4.50. The molecule has 0 aromatic rings. The number of aliphatic hydroxyl groups is 2. The van der Waals surface area contributed by atoms with Gasteiger partial charge in [0.15, 0.2) is 0 Å². The molecular formula is C3H2F6O2. The van der Waals surface area contributed by atoms with Crippen LogP contribution in [-0.2, 0) is 0 Å². The summed E-state index contributed by atoms with van der Waals surface area (Å²) in [7, 11) is 0. The molecule has 11 heavy (non-hydrogen) atoms. The summed E-state index contributed by atoms with van der Waals surface area (Å²) in [5.41, 5.74) is 0. The molecular weight excluding hydrogens is 182 g/mol. The Morgan fingerprint density at radius 1 is 0.636 bits per heavy atom. The fourth-order valence-electron chi connectivity index (χ4n) is 0.181. The fraction of sp³-hybridized carbons (Fsp3) is 1.00. The highest BCUT2D eigenvalue weighted by atomic mass is 19.4. The number of rotatable bonds is 2. The molecule has 0 radical (unpaired) electrons. The van der Waals surface area contributed by atoms with Crippen molar-refractivity contribution in [2.45, 2.75) is 18.1 Å². The van der Waals surface area contributed by atoms with Gasteiger partial charge in [-0.3, -0.25) is 0 Å². The summed E-state index contributed by atoms with van der Waals surface area (Å²) in [4.78, 5) is 0. The second kappa shape index (κ2) is 2.24. The van der Waals surface area contributed by atoms with E-state index in [2.05, 4.69) is 0 Å². The Hall–Kier alpha value is -0.500. The average Bonchev–Trinajstić information content (AvgIpc) is 1.58. The molecule has 0 fully saturated rings. The first kappa shape index (κ1) is 10.5. The van der Waals surface area contributed by atoms with E-state index in [0.29, 0.717) is 0 Å². The monoisotopic (exact) mass is 184 g/mol. The third-order valence-corrected chi connectivity index (χ3v) is 0.756. The Bertz CT molecular complexity index is 127. The second-order valence-corrected chi connectivity index (χ2v) is 1.66. The molecule has 2 nitrogen and oxygen atoms in total. The maximum absolute atomic E-state index is 11.4. The Balaban J connectivity index is 4.75. The first-order valence-corrected chi connectivity index (χ1v) is 2.08. The largest absolute Gasteiger partial charge is 0.426 e. The number of hydrogen-bond donors (Lipinski definition) is 2. The van der Waals surface area contributed by atoms with Crippen LogP contribution in [0.25, 0.3) is 0 Å². The van der Waals surface area contributed by atoms with Crippen molar-refractivity contribution in [3.05, 3.63) is 0 Å². The van der Waals surface area contributed by atoms with Crippen LogP contribution in [0.15, 0.2) is 0 Å². The van der Waals surface area contributed by atoms with E-state index in [1.807, 2.05) is 0 Å². The molecule has 0 aliphatic heterocycles. The third kappa shape index (κ3) is 1.74. The van der Waals surface area contributed by atoms with Gasteiger partial charge in [0.05, 0.1) is 0 Å². The molecule has 0 amide bonds. The van der Waals surface area contributed by atoms with Crippen LogP contribution in [0.3, 0.4) is 0 Å². The van der Waals surface area contributed by atoms with Gasteiger partial charge >= 0.3 is 18.1 Å². The van der Waals surface area contributed by atoms with Gasteiger partial charge in [0.1, 0.15) is 0 Å². The van der Waals surface area contributed by atoms with Crippen LogP contribution in [0, 0.1) is 0 Å². The third-order valence-electron chi connectivity index (χ3n) is 0.756. The molecule has 0 heterocycles. The zero-order valence-electron chi connectivity index (χ0n) is 4.66. The van der Waals surface area contributed by atoms with Crippen molar-refractivity contribution in [3.63, 3.8) is 0 Å². The minimum absolute atomic E-state index is 5.95. The summed E-state index contributed by atoms with van der Waals surface area (Å²) in [6.07, 6.45) is -11.9. The SMILES string of the molecule is OC(F)(F)C(F)(F)C(O)(F)F. The van der Waals surface area contributed by atoms with Crippen LogP contribution in [0.2, 0.25) is 0 Å². The van der Waals surface area contributed by atoms with Crippen molar-refractivity contribution >= 4 is 0 Å². The van der Waals surface area contributed by atoms with Gasteiger partial charge in [-0.1, -0.05) is 0 Å². The Labute approximate surface area is 56.1 Å². The molecule has 0 aromatic carbocycles. The van der Waals surface area contributed by atoms with E-state index < -0.39 is 18.1 Å². The Morgan fingerprint density at radius 3 is 0.818 bits per heavy atom. The van der Waals surface area contributed by atoms with Crippen molar-refractivity contribution in [2.24, 2.45) is 0 Å². The van der Waals surface area contributed by atoms with Crippen LogP contribution in [-0.4, -0.2) is 28.4 Å². The highest BCUT2D eigenvalue weighted by molar-refractivity contribution is 4.82. The topological polar surface area (TPSA) is 40.5 Å². The van der Waals surface area contributed by atoms with Crippen LogP contribution < -0.4 is 0 Å². The molecule has 68 valence electrons. The van der Waals surface area contributed by atoms with Crippen molar-refractivity contribution in [1.82, 2.24) is 0 Å². The predicted octanol–water partition coefficient (Wildman–Crippen LogP) is 0.792. The molecule has 0 saturated carbocycles. The predicted molar refractivity (Wildman–Crippen MR) is 19.3 cm³/mol. The van der Waals surface area contributed by atoms with Crippen LogP contribution in [0.5, 0.6) is 0 Å². The molecule has 0 aliphatic carbocycles. The summed E-state index contributed by atoms with van der Waals surface area (Å²) in [6.45, 7) is 0. The maximum Gasteiger partial charge on any atom is 0.426 e. The van der Waals surface area contributed by atoms with E-state index in [0.717, 1.165) is 0 Å². The zero-order chi connectivity index (χ0) is 9.50. The quantitative estimate of drug-likeness (QED) is 0.623. The van der Waals surface area contributed by atoms with Crippen molar-refractivity contribution in [2.75, 3.05) is 0 Å². The maximum atomic E-state index is 11.4. The number of alkyl halides is 6. The van der Waals surface area contributed by atoms with Crippen LogP contribution >= 0.6 is 0 Å². The molecule has 0 spiro atoms. The molecule has 8 heteroatoms. The van der Waals surface area contributed by atoms with E-state index in [-0.39, 0.29) is 0 Å². The summed E-state index contributed by atoms with van der Waals surface area (Å²) >= 11 is 0. The highest BCUT2D eigenvalue weighted by Gasteiger charge is 2.71. The summed E-state index contributed by atoms with van der Waals surface area (Å²) in [6, 6.07) is 0. The van der Waals surface area contributed by atoms with Gasteiger partial charge in [0, 0.05) is 0 Å². The van der Waals surface area contributed by atoms with Crippen molar-refractivity contribution in [1.29, 1.82) is 0 Å². The van der Waals surface area contributed by atoms with Crippen molar-refractivity contribution < 1.29 is 36.6 Å². The summed E-state index contributed by atoms with van der Waals surface area (Å²) in [5.74, 6) is -6.18. The lowest BCUT2D eigenvalue weighted by atomic mass is 10.3. The summed E-state index contributed by atoms with van der Waals surface area (Å²) < 4.78 is 67.5. The van der Waals surface area contributed by atoms with Gasteiger partial charge < -0.3 is 10.2 Å². The fourth-order valence-corrected chi connectivity index (χ4v) is 0.181. The number of hydrogen-bond acceptors (Lipinski definition) is 2. The van der Waals surface area contributed by atoms with Gasteiger partial charge in [0.2, 0.25) is 0 Å². The normalized spacial score (nSPS) is 15.3. The molecule has 0 aromatic heterocycles. The van der Waals surface area contributed by atoms with E-state index >= 15 is 0 Å². The lowest BCUT2D eigenvalue weighted by Gasteiger charge is -2.24. The van der Waals surface area contributed by atoms with E-state index in [1.54, 1.807) is 0 Å². The average molecular weight is 184 g/mol. The molecule has 0 unspecified atom stereocenters. The Morgan fingerprint density at radius 2 is 0.818 bits per heavy atom. The van der Waals surface area contributed by atoms with Crippen LogP contribution in [0.4, 0.5) is 26.3 Å². The number of halogens is 6. The molecule has 0 saturated heterocycles. The van der Waals surface area contributed by atoms with Crippen LogP contribution in [0.1, 0.15) is 0 Å². The smallest absolute Gasteiger partial charge is 0.331 e. The van der Waals surface area contributed by atoms with E-state index in [1.165, 1.54) is 0 Å². The van der Waals surface area contributed by atoms with Gasteiger partial charge in [-0.2, -0.15) is 26.3 Å². The molecule has 2 N–H and O–H groups in total. The van der Waals surface area contributed by atoms with Crippen molar-refractivity contribution in [3.8, 4) is 0 Å². The lowest BCUT2D eigenvalue weighted by Crippen LogP contribution is -2.53. The highest BCUT2D eigenvalue weighted by Crippen LogP contribution is 2.42. The van der Waals surface area contributed by atoms with Gasteiger partial charge in [0.25, 0.3) is 0 Å². The van der Waals surface area contributed by atoms with Gasteiger partial charge in [-0.15, -0.1) is 0 Å². The second-order valence-electron chi connectivity index (χ2n) is 1.66. The summed E-state index contributed by atoms with van der Waals surface area (Å²) in [5, 5.41) is 14.3. The lowest BCUT2D eigenvalue weighted by molar-refractivity contribution is -0.432. The first-order valence-electron chi connectivity index (χ1n) is 2.08. The standard InChI is InChI=1S/C3H2F6O2/c4-1(5,2(6,7)10)3(8,9)11/h10-11H. The molecule has 0 atom stereocenters. The Kier molecular flexibility index (Phi) is 2.14.